The third-order valence-corrected chi connectivity index (χ3v) is 3.61. The van der Waals surface area contributed by atoms with Crippen molar-refractivity contribution in [3.05, 3.63) is 108 Å². The number of hydrogen-bond acceptors (Lipinski definition) is 2. The van der Waals surface area contributed by atoms with Crippen LogP contribution in [-0.4, -0.2) is 10.9 Å². The highest BCUT2D eigenvalue weighted by Crippen LogP contribution is 2.25. The Labute approximate surface area is 135 Å². The van der Waals surface area contributed by atoms with Gasteiger partial charge in [-0.3, -0.25) is 4.79 Å². The van der Waals surface area contributed by atoms with Gasteiger partial charge in [0.2, 0.25) is 0 Å². The molecule has 0 aromatic heterocycles. The number of allylic oxidation sites excluding steroid dienone is 1. The summed E-state index contributed by atoms with van der Waals surface area (Å²) < 4.78 is 0. The first kappa shape index (κ1) is 14.8. The van der Waals surface area contributed by atoms with E-state index < -0.39 is 0 Å². The molecule has 0 atom stereocenters. The van der Waals surface area contributed by atoms with Gasteiger partial charge in [-0.2, -0.15) is 0 Å². The molecule has 0 radical (unpaired) electrons. The minimum atomic E-state index is -0.217. The van der Waals surface area contributed by atoms with Gasteiger partial charge in [-0.15, -0.1) is 0 Å². The summed E-state index contributed by atoms with van der Waals surface area (Å²) in [6.45, 7) is 0. The van der Waals surface area contributed by atoms with Crippen LogP contribution >= 0.6 is 0 Å². The maximum Gasteiger partial charge on any atom is 0.190 e. The van der Waals surface area contributed by atoms with Crippen molar-refractivity contribution in [2.24, 2.45) is 0 Å². The van der Waals surface area contributed by atoms with Crippen LogP contribution in [-0.2, 0) is 0 Å². The summed E-state index contributed by atoms with van der Waals surface area (Å²) in [5, 5.41) is 9.88. The average molecular weight is 300 g/mol. The van der Waals surface area contributed by atoms with Crippen LogP contribution in [0.15, 0.2) is 91.0 Å². The number of ketones is 1. The molecule has 2 nitrogen and oxygen atoms in total. The molecule has 0 heterocycles. The van der Waals surface area contributed by atoms with Crippen LogP contribution in [0, 0.1) is 0 Å². The van der Waals surface area contributed by atoms with Crippen molar-refractivity contribution >= 4 is 11.4 Å². The molecule has 2 heteroatoms. The lowest BCUT2D eigenvalue weighted by atomic mass is 9.95. The first-order valence-corrected chi connectivity index (χ1v) is 7.40. The molecule has 3 rings (SSSR count). The Bertz CT molecular complexity index is 792. The van der Waals surface area contributed by atoms with Gasteiger partial charge in [-0.05, 0) is 34.9 Å². The van der Waals surface area contributed by atoms with Gasteiger partial charge in [-0.25, -0.2) is 0 Å². The molecule has 0 aliphatic heterocycles. The second-order valence-corrected chi connectivity index (χ2v) is 5.17. The molecule has 0 aliphatic carbocycles. The third kappa shape index (κ3) is 3.38. The third-order valence-electron chi connectivity index (χ3n) is 3.61. The van der Waals surface area contributed by atoms with Crippen molar-refractivity contribution in [2.75, 3.05) is 0 Å². The molecule has 3 aromatic rings. The Hall–Kier alpha value is -3.13. The van der Waals surface area contributed by atoms with E-state index in [-0.39, 0.29) is 11.5 Å². The highest BCUT2D eigenvalue weighted by molar-refractivity contribution is 6.11. The van der Waals surface area contributed by atoms with Crippen molar-refractivity contribution in [2.45, 2.75) is 0 Å². The second kappa shape index (κ2) is 6.75. The zero-order chi connectivity index (χ0) is 16.1. The second-order valence-electron chi connectivity index (χ2n) is 5.17. The minimum absolute atomic E-state index is 0.00535. The first-order valence-electron chi connectivity index (χ1n) is 7.40. The number of hydrogen-bond donors (Lipinski definition) is 1. The van der Waals surface area contributed by atoms with Crippen LogP contribution in [0.4, 0.5) is 0 Å². The smallest absolute Gasteiger partial charge is 0.190 e. The van der Waals surface area contributed by atoms with Gasteiger partial charge in [0.05, 0.1) is 5.56 Å². The van der Waals surface area contributed by atoms with Gasteiger partial charge in [0.25, 0.3) is 0 Å². The number of rotatable bonds is 4. The highest BCUT2D eigenvalue weighted by Gasteiger charge is 2.11. The Kier molecular flexibility index (Phi) is 4.34. The van der Waals surface area contributed by atoms with Crippen LogP contribution in [0.25, 0.3) is 5.57 Å². The van der Waals surface area contributed by atoms with E-state index in [4.69, 9.17) is 0 Å². The maximum atomic E-state index is 12.6. The first-order chi connectivity index (χ1) is 11.3. The summed E-state index contributed by atoms with van der Waals surface area (Å²) in [5.74, 6) is -0.222. The molecule has 23 heavy (non-hydrogen) atoms. The molecule has 0 amide bonds. The molecule has 0 bridgehead atoms. The topological polar surface area (TPSA) is 37.3 Å². The molecule has 0 spiro atoms. The van der Waals surface area contributed by atoms with E-state index in [2.05, 4.69) is 0 Å². The Balaban J connectivity index is 2.09. The van der Waals surface area contributed by atoms with Crippen molar-refractivity contribution < 1.29 is 9.90 Å². The number of carbonyl (C=O) groups excluding carboxylic acids is 1. The molecule has 0 fully saturated rings. The lowest BCUT2D eigenvalue weighted by Gasteiger charge is -2.09. The van der Waals surface area contributed by atoms with Gasteiger partial charge in [0.15, 0.2) is 5.78 Å². The Morgan fingerprint density at radius 2 is 1.17 bits per heavy atom. The summed E-state index contributed by atoms with van der Waals surface area (Å²) in [5.41, 5.74) is 3.06. The predicted molar refractivity (Wildman–Crippen MR) is 92.4 cm³/mol. The summed E-state index contributed by atoms with van der Waals surface area (Å²) in [4.78, 5) is 12.6. The highest BCUT2D eigenvalue weighted by atomic mass is 16.3. The minimum Gasteiger partial charge on any atom is -0.507 e. The summed E-state index contributed by atoms with van der Waals surface area (Å²) in [7, 11) is 0. The fraction of sp³-hybridized carbons (Fsp3) is 0. The average Bonchev–Trinajstić information content (AvgIpc) is 2.61. The molecule has 112 valence electrons. The lowest BCUT2D eigenvalue weighted by molar-refractivity contribution is 0.104. The Morgan fingerprint density at radius 3 is 1.70 bits per heavy atom. The van der Waals surface area contributed by atoms with Gasteiger partial charge < -0.3 is 5.11 Å². The van der Waals surface area contributed by atoms with Gasteiger partial charge in [-0.1, -0.05) is 72.8 Å². The van der Waals surface area contributed by atoms with E-state index in [1.165, 1.54) is 6.07 Å². The molecule has 0 saturated carbocycles. The van der Waals surface area contributed by atoms with E-state index in [0.717, 1.165) is 16.7 Å². The van der Waals surface area contributed by atoms with E-state index in [9.17, 15) is 9.90 Å². The van der Waals surface area contributed by atoms with E-state index in [0.29, 0.717) is 5.56 Å². The molecule has 0 aliphatic rings. The number of aromatic hydroxyl groups is 1. The molecular weight excluding hydrogens is 284 g/mol. The fourth-order valence-corrected chi connectivity index (χ4v) is 2.46. The standard InChI is InChI=1S/C21H16O2/c22-20-14-8-7-13-18(20)21(23)15-19(16-9-3-1-4-10-16)17-11-5-2-6-12-17/h1-15,22H. The van der Waals surface area contributed by atoms with E-state index >= 15 is 0 Å². The normalized spacial score (nSPS) is 10.1. The fourth-order valence-electron chi connectivity index (χ4n) is 2.46. The van der Waals surface area contributed by atoms with Crippen molar-refractivity contribution in [3.63, 3.8) is 0 Å². The van der Waals surface area contributed by atoms with Crippen molar-refractivity contribution in [1.29, 1.82) is 0 Å². The summed E-state index contributed by atoms with van der Waals surface area (Å²) >= 11 is 0. The zero-order valence-electron chi connectivity index (χ0n) is 12.5. The van der Waals surface area contributed by atoms with Gasteiger partial charge in [0.1, 0.15) is 5.75 Å². The van der Waals surface area contributed by atoms with E-state index in [1.54, 1.807) is 24.3 Å². The summed E-state index contributed by atoms with van der Waals surface area (Å²) in [6.07, 6.45) is 1.58. The van der Waals surface area contributed by atoms with Crippen molar-refractivity contribution in [1.82, 2.24) is 0 Å². The monoisotopic (exact) mass is 300 g/mol. The van der Waals surface area contributed by atoms with Gasteiger partial charge >= 0.3 is 0 Å². The molecular formula is C21H16O2. The largest absolute Gasteiger partial charge is 0.507 e. The zero-order valence-corrected chi connectivity index (χ0v) is 12.5. The summed E-state index contributed by atoms with van der Waals surface area (Å²) in [6, 6.07) is 26.1. The predicted octanol–water partition coefficient (Wildman–Crippen LogP) is 4.71. The number of phenols is 1. The van der Waals surface area contributed by atoms with Crippen LogP contribution in [0.3, 0.4) is 0 Å². The van der Waals surface area contributed by atoms with Crippen LogP contribution < -0.4 is 0 Å². The molecule has 1 N–H and O–H groups in total. The Morgan fingerprint density at radius 1 is 0.696 bits per heavy atom. The van der Waals surface area contributed by atoms with Crippen LogP contribution in [0.2, 0.25) is 0 Å². The molecule has 0 saturated heterocycles. The van der Waals surface area contributed by atoms with Crippen LogP contribution in [0.5, 0.6) is 5.75 Å². The quantitative estimate of drug-likeness (QED) is 0.560. The van der Waals surface area contributed by atoms with Crippen LogP contribution in [0.1, 0.15) is 21.5 Å². The number of para-hydroxylation sites is 1. The molecule has 0 unspecified atom stereocenters. The number of phenolic OH excluding ortho intramolecular Hbond substituents is 1. The number of carbonyl (C=O) groups is 1. The van der Waals surface area contributed by atoms with Gasteiger partial charge in [0, 0.05) is 0 Å². The van der Waals surface area contributed by atoms with Crippen molar-refractivity contribution in [3.8, 4) is 5.75 Å². The molecule has 3 aromatic carbocycles. The SMILES string of the molecule is O=C(C=C(c1ccccc1)c1ccccc1)c1ccccc1O. The van der Waals surface area contributed by atoms with E-state index in [1.807, 2.05) is 60.7 Å². The lowest BCUT2D eigenvalue weighted by Crippen LogP contribution is -1.98. The number of benzene rings is 3. The maximum absolute atomic E-state index is 12.6.